The maximum atomic E-state index is 5.22. The number of hydrogen-bond acceptors (Lipinski definition) is 2. The van der Waals surface area contributed by atoms with Crippen molar-refractivity contribution >= 4 is 43.6 Å². The van der Waals surface area contributed by atoms with Crippen molar-refractivity contribution in [2.75, 3.05) is 7.11 Å². The highest BCUT2D eigenvalue weighted by molar-refractivity contribution is 9.10. The lowest BCUT2D eigenvalue weighted by Gasteiger charge is -2.06. The third-order valence-electron chi connectivity index (χ3n) is 2.42. The van der Waals surface area contributed by atoms with E-state index in [9.17, 15) is 0 Å². The molecule has 0 heterocycles. The molecule has 2 aromatic carbocycles. The first-order valence-electron chi connectivity index (χ1n) is 5.40. The second-order valence-corrected chi connectivity index (χ2v) is 6.53. The standard InChI is InChI=1S/C14H12Br2OS/c1-17-14-6-5-10(7-13(14)16)9-18-12-4-2-3-11(15)8-12/h2-8H,9H2,1H3. The Hall–Kier alpha value is -0.450. The van der Waals surface area contributed by atoms with Crippen molar-refractivity contribution in [2.24, 2.45) is 0 Å². The Bertz CT molecular complexity index is 543. The topological polar surface area (TPSA) is 9.23 Å². The molecular formula is C14H12Br2OS. The molecule has 0 aliphatic heterocycles. The summed E-state index contributed by atoms with van der Waals surface area (Å²) in [6.45, 7) is 0. The predicted molar refractivity (Wildman–Crippen MR) is 84.4 cm³/mol. The normalized spacial score (nSPS) is 10.4. The summed E-state index contributed by atoms with van der Waals surface area (Å²) in [6, 6.07) is 14.5. The van der Waals surface area contributed by atoms with Crippen molar-refractivity contribution in [1.29, 1.82) is 0 Å². The van der Waals surface area contributed by atoms with Crippen molar-refractivity contribution in [2.45, 2.75) is 10.6 Å². The van der Waals surface area contributed by atoms with Crippen LogP contribution in [0.4, 0.5) is 0 Å². The first-order chi connectivity index (χ1) is 8.69. The SMILES string of the molecule is COc1ccc(CSc2cccc(Br)c2)cc1Br. The summed E-state index contributed by atoms with van der Waals surface area (Å²) in [5.41, 5.74) is 1.27. The molecule has 0 saturated heterocycles. The van der Waals surface area contributed by atoms with Crippen LogP contribution in [0.15, 0.2) is 56.3 Å². The molecule has 0 aliphatic carbocycles. The third kappa shape index (κ3) is 3.77. The Morgan fingerprint density at radius 2 is 1.94 bits per heavy atom. The van der Waals surface area contributed by atoms with Crippen LogP contribution in [0.2, 0.25) is 0 Å². The van der Waals surface area contributed by atoms with Crippen LogP contribution >= 0.6 is 43.6 Å². The number of hydrogen-bond donors (Lipinski definition) is 0. The van der Waals surface area contributed by atoms with Gasteiger partial charge in [0, 0.05) is 15.1 Å². The van der Waals surface area contributed by atoms with Crippen LogP contribution < -0.4 is 4.74 Å². The highest BCUT2D eigenvalue weighted by atomic mass is 79.9. The predicted octanol–water partition coefficient (Wildman–Crippen LogP) is 5.51. The maximum Gasteiger partial charge on any atom is 0.133 e. The van der Waals surface area contributed by atoms with Crippen LogP contribution in [0.5, 0.6) is 5.75 Å². The van der Waals surface area contributed by atoms with Crippen LogP contribution in [-0.2, 0) is 5.75 Å². The molecule has 0 spiro atoms. The fraction of sp³-hybridized carbons (Fsp3) is 0.143. The van der Waals surface area contributed by atoms with Gasteiger partial charge < -0.3 is 4.74 Å². The van der Waals surface area contributed by atoms with Crippen LogP contribution in [0.1, 0.15) is 5.56 Å². The minimum atomic E-state index is 0.867. The molecule has 0 fully saturated rings. The van der Waals surface area contributed by atoms with Crippen molar-refractivity contribution in [3.63, 3.8) is 0 Å². The molecule has 0 aromatic heterocycles. The molecule has 0 bridgehead atoms. The van der Waals surface area contributed by atoms with E-state index in [0.29, 0.717) is 0 Å². The number of ether oxygens (including phenoxy) is 1. The van der Waals surface area contributed by atoms with Crippen LogP contribution in [0.25, 0.3) is 0 Å². The summed E-state index contributed by atoms with van der Waals surface area (Å²) in [5, 5.41) is 0. The average molecular weight is 388 g/mol. The van der Waals surface area contributed by atoms with E-state index in [4.69, 9.17) is 4.74 Å². The van der Waals surface area contributed by atoms with E-state index in [2.05, 4.69) is 62.2 Å². The van der Waals surface area contributed by atoms with Crippen molar-refractivity contribution in [3.05, 3.63) is 57.0 Å². The van der Waals surface area contributed by atoms with E-state index >= 15 is 0 Å². The first kappa shape index (κ1) is 14.0. The average Bonchev–Trinajstić information content (AvgIpc) is 2.37. The van der Waals surface area contributed by atoms with Crippen molar-refractivity contribution in [1.82, 2.24) is 0 Å². The van der Waals surface area contributed by atoms with E-state index < -0.39 is 0 Å². The summed E-state index contributed by atoms with van der Waals surface area (Å²) in [7, 11) is 1.68. The lowest BCUT2D eigenvalue weighted by Crippen LogP contribution is -1.86. The summed E-state index contributed by atoms with van der Waals surface area (Å²) in [6.07, 6.45) is 0. The Morgan fingerprint density at radius 3 is 2.61 bits per heavy atom. The largest absolute Gasteiger partial charge is 0.496 e. The zero-order valence-corrected chi connectivity index (χ0v) is 13.8. The van der Waals surface area contributed by atoms with Crippen LogP contribution in [-0.4, -0.2) is 7.11 Å². The van der Waals surface area contributed by atoms with Gasteiger partial charge in [0.2, 0.25) is 0 Å². The van der Waals surface area contributed by atoms with Gasteiger partial charge in [-0.2, -0.15) is 0 Å². The minimum Gasteiger partial charge on any atom is -0.496 e. The van der Waals surface area contributed by atoms with Gasteiger partial charge in [-0.05, 0) is 51.8 Å². The summed E-state index contributed by atoms with van der Waals surface area (Å²) in [4.78, 5) is 1.26. The molecule has 2 rings (SSSR count). The quantitative estimate of drug-likeness (QED) is 0.639. The van der Waals surface area contributed by atoms with Gasteiger partial charge in [0.15, 0.2) is 0 Å². The number of halogens is 2. The number of thioether (sulfide) groups is 1. The summed E-state index contributed by atoms with van der Waals surface area (Å²) in [5.74, 6) is 1.81. The van der Waals surface area contributed by atoms with Gasteiger partial charge in [-0.3, -0.25) is 0 Å². The van der Waals surface area contributed by atoms with E-state index in [1.54, 1.807) is 7.11 Å². The highest BCUT2D eigenvalue weighted by Gasteiger charge is 2.02. The van der Waals surface area contributed by atoms with Crippen LogP contribution in [0.3, 0.4) is 0 Å². The van der Waals surface area contributed by atoms with Gasteiger partial charge in [0.1, 0.15) is 5.75 Å². The highest BCUT2D eigenvalue weighted by Crippen LogP contribution is 2.30. The maximum absolute atomic E-state index is 5.22. The van der Waals surface area contributed by atoms with E-state index in [0.717, 1.165) is 20.4 Å². The monoisotopic (exact) mass is 386 g/mol. The van der Waals surface area contributed by atoms with E-state index in [-0.39, 0.29) is 0 Å². The number of methoxy groups -OCH3 is 1. The first-order valence-corrected chi connectivity index (χ1v) is 7.97. The Kier molecular flexibility index (Phi) is 5.15. The summed E-state index contributed by atoms with van der Waals surface area (Å²) < 4.78 is 7.33. The van der Waals surface area contributed by atoms with Gasteiger partial charge in [0.25, 0.3) is 0 Å². The van der Waals surface area contributed by atoms with E-state index in [1.807, 2.05) is 23.9 Å². The molecule has 0 unspecified atom stereocenters. The lowest BCUT2D eigenvalue weighted by molar-refractivity contribution is 0.412. The Morgan fingerprint density at radius 1 is 1.11 bits per heavy atom. The number of rotatable bonds is 4. The second kappa shape index (κ2) is 6.64. The molecule has 18 heavy (non-hydrogen) atoms. The van der Waals surface area contributed by atoms with E-state index in [1.165, 1.54) is 10.5 Å². The summed E-state index contributed by atoms with van der Waals surface area (Å²) >= 11 is 8.80. The molecule has 2 aromatic rings. The zero-order chi connectivity index (χ0) is 13.0. The fourth-order valence-electron chi connectivity index (χ4n) is 1.52. The second-order valence-electron chi connectivity index (χ2n) is 3.71. The van der Waals surface area contributed by atoms with Crippen molar-refractivity contribution in [3.8, 4) is 5.75 Å². The Labute approximate surface area is 128 Å². The molecule has 4 heteroatoms. The molecule has 0 N–H and O–H groups in total. The molecule has 0 amide bonds. The number of benzene rings is 2. The third-order valence-corrected chi connectivity index (χ3v) is 4.60. The van der Waals surface area contributed by atoms with Gasteiger partial charge in [-0.1, -0.05) is 28.1 Å². The van der Waals surface area contributed by atoms with Gasteiger partial charge in [-0.25, -0.2) is 0 Å². The molecule has 94 valence electrons. The van der Waals surface area contributed by atoms with Crippen LogP contribution in [0, 0.1) is 0 Å². The molecule has 0 saturated carbocycles. The van der Waals surface area contributed by atoms with Crippen molar-refractivity contribution < 1.29 is 4.74 Å². The van der Waals surface area contributed by atoms with Gasteiger partial charge in [-0.15, -0.1) is 11.8 Å². The van der Waals surface area contributed by atoms with Gasteiger partial charge in [0.05, 0.1) is 11.6 Å². The molecule has 0 atom stereocenters. The van der Waals surface area contributed by atoms with Gasteiger partial charge >= 0.3 is 0 Å². The molecule has 1 nitrogen and oxygen atoms in total. The fourth-order valence-corrected chi connectivity index (χ4v) is 3.56. The zero-order valence-electron chi connectivity index (χ0n) is 9.82. The lowest BCUT2D eigenvalue weighted by atomic mass is 10.2. The molecular weight excluding hydrogens is 376 g/mol. The Balaban J connectivity index is 2.04. The minimum absolute atomic E-state index is 0.867. The molecule has 0 radical (unpaired) electrons. The smallest absolute Gasteiger partial charge is 0.133 e. The molecule has 0 aliphatic rings.